The molecule has 1 aromatic carbocycles. The van der Waals surface area contributed by atoms with Gasteiger partial charge in [-0.3, -0.25) is 9.59 Å². The van der Waals surface area contributed by atoms with Crippen molar-refractivity contribution in [2.75, 3.05) is 6.54 Å². The molecule has 2 aromatic rings. The van der Waals surface area contributed by atoms with Crippen molar-refractivity contribution in [1.29, 1.82) is 0 Å². The molecule has 1 heterocycles. The minimum Gasteiger partial charge on any atom is -0.351 e. The van der Waals surface area contributed by atoms with Gasteiger partial charge in [0.25, 0.3) is 11.8 Å². The zero-order chi connectivity index (χ0) is 18.1. The van der Waals surface area contributed by atoms with Crippen molar-refractivity contribution in [3.8, 4) is 0 Å². The van der Waals surface area contributed by atoms with Crippen LogP contribution in [0.2, 0.25) is 0 Å². The first-order chi connectivity index (χ1) is 12.1. The highest BCUT2D eigenvalue weighted by atomic mass is 32.1. The summed E-state index contributed by atoms with van der Waals surface area (Å²) in [6.45, 7) is 4.65. The summed E-state index contributed by atoms with van der Waals surface area (Å²) in [6, 6.07) is 11.1. The molecule has 1 aromatic heterocycles. The average molecular weight is 356 g/mol. The predicted molar refractivity (Wildman–Crippen MR) is 103 cm³/mol. The molecule has 0 aliphatic heterocycles. The van der Waals surface area contributed by atoms with Crippen LogP contribution in [0.1, 0.15) is 47.0 Å². The Bertz CT molecular complexity index is 736. The van der Waals surface area contributed by atoms with Crippen molar-refractivity contribution in [2.24, 2.45) is 0 Å². The molecule has 0 atom stereocenters. The van der Waals surface area contributed by atoms with E-state index in [1.807, 2.05) is 36.6 Å². The first kappa shape index (κ1) is 18.9. The summed E-state index contributed by atoms with van der Waals surface area (Å²) in [7, 11) is 0. The van der Waals surface area contributed by atoms with Crippen LogP contribution >= 0.6 is 11.3 Å². The van der Waals surface area contributed by atoms with Crippen molar-refractivity contribution >= 4 is 29.2 Å². The number of nitrogens with one attached hydrogen (secondary N) is 2. The van der Waals surface area contributed by atoms with E-state index in [0.29, 0.717) is 12.1 Å². The van der Waals surface area contributed by atoms with Crippen molar-refractivity contribution in [2.45, 2.75) is 33.1 Å². The third kappa shape index (κ3) is 6.19. The first-order valence-corrected chi connectivity index (χ1v) is 9.39. The predicted octanol–water partition coefficient (Wildman–Crippen LogP) is 4.13. The molecule has 0 saturated carbocycles. The molecule has 2 amide bonds. The largest absolute Gasteiger partial charge is 0.351 e. The molecule has 0 fully saturated rings. The Balaban J connectivity index is 2.11. The molecular weight excluding hydrogens is 332 g/mol. The quantitative estimate of drug-likeness (QED) is 0.552. The number of carbonyl (C=O) groups excluding carboxylic acids is 2. The number of hydrogen-bond acceptors (Lipinski definition) is 3. The summed E-state index contributed by atoms with van der Waals surface area (Å²) >= 11 is 1.52. The maximum absolute atomic E-state index is 12.5. The fourth-order valence-corrected chi connectivity index (χ4v) is 2.98. The number of carbonyl (C=O) groups is 2. The normalized spacial score (nSPS) is 11.2. The fraction of sp³-hybridized carbons (Fsp3) is 0.300. The Hall–Kier alpha value is -2.40. The minimum absolute atomic E-state index is 0.259. The molecule has 4 nitrogen and oxygen atoms in total. The second kappa shape index (κ2) is 9.79. The molecule has 0 bridgehead atoms. The van der Waals surface area contributed by atoms with E-state index in [4.69, 9.17) is 0 Å². The lowest BCUT2D eigenvalue weighted by atomic mass is 10.1. The van der Waals surface area contributed by atoms with Crippen LogP contribution in [0.4, 0.5) is 0 Å². The van der Waals surface area contributed by atoms with Gasteiger partial charge in [0.2, 0.25) is 0 Å². The van der Waals surface area contributed by atoms with Crippen molar-refractivity contribution in [1.82, 2.24) is 10.6 Å². The molecule has 2 rings (SSSR count). The lowest BCUT2D eigenvalue weighted by molar-refractivity contribution is -0.117. The second-order valence-electron chi connectivity index (χ2n) is 5.86. The van der Waals surface area contributed by atoms with E-state index in [9.17, 15) is 9.59 Å². The maximum atomic E-state index is 12.5. The highest BCUT2D eigenvalue weighted by molar-refractivity contribution is 7.10. The van der Waals surface area contributed by atoms with Crippen molar-refractivity contribution in [3.63, 3.8) is 0 Å². The van der Waals surface area contributed by atoms with Gasteiger partial charge >= 0.3 is 0 Å². The summed E-state index contributed by atoms with van der Waals surface area (Å²) in [5.41, 5.74) is 1.81. The molecule has 0 radical (unpaired) electrons. The Labute approximate surface area is 153 Å². The van der Waals surface area contributed by atoms with Crippen LogP contribution in [-0.2, 0) is 4.79 Å². The highest BCUT2D eigenvalue weighted by Crippen LogP contribution is 2.13. The summed E-state index contributed by atoms with van der Waals surface area (Å²) in [5, 5.41) is 7.57. The molecule has 0 spiro atoms. The van der Waals surface area contributed by atoms with E-state index in [2.05, 4.69) is 17.6 Å². The fourth-order valence-electron chi connectivity index (χ4n) is 2.33. The van der Waals surface area contributed by atoms with Crippen LogP contribution in [0, 0.1) is 6.92 Å². The number of hydrogen-bond donors (Lipinski definition) is 2. The third-order valence-electron chi connectivity index (χ3n) is 3.67. The molecule has 25 heavy (non-hydrogen) atoms. The Morgan fingerprint density at radius 3 is 2.68 bits per heavy atom. The number of amides is 2. The second-order valence-corrected chi connectivity index (χ2v) is 6.84. The molecule has 0 unspecified atom stereocenters. The first-order valence-electron chi connectivity index (χ1n) is 8.51. The number of benzene rings is 1. The van der Waals surface area contributed by atoms with E-state index in [-0.39, 0.29) is 17.5 Å². The van der Waals surface area contributed by atoms with Gasteiger partial charge < -0.3 is 10.6 Å². The number of thiophene rings is 1. The van der Waals surface area contributed by atoms with Gasteiger partial charge in [0.05, 0.1) is 0 Å². The maximum Gasteiger partial charge on any atom is 0.267 e. The zero-order valence-electron chi connectivity index (χ0n) is 14.7. The lowest BCUT2D eigenvalue weighted by Crippen LogP contribution is -2.35. The molecule has 132 valence electrons. The van der Waals surface area contributed by atoms with Gasteiger partial charge in [-0.1, -0.05) is 43.5 Å². The van der Waals surface area contributed by atoms with Crippen LogP contribution in [0.25, 0.3) is 6.08 Å². The van der Waals surface area contributed by atoms with E-state index < -0.39 is 0 Å². The van der Waals surface area contributed by atoms with Gasteiger partial charge in [-0.2, -0.15) is 0 Å². The van der Waals surface area contributed by atoms with Crippen LogP contribution < -0.4 is 10.6 Å². The topological polar surface area (TPSA) is 58.2 Å². The van der Waals surface area contributed by atoms with Gasteiger partial charge in [-0.25, -0.2) is 0 Å². The number of unbranched alkanes of at least 4 members (excludes halogenated alkanes) is 2. The molecule has 0 aliphatic rings. The zero-order valence-corrected chi connectivity index (χ0v) is 15.5. The van der Waals surface area contributed by atoms with Crippen LogP contribution in [0.15, 0.2) is 47.5 Å². The molecule has 2 N–H and O–H groups in total. The van der Waals surface area contributed by atoms with Gasteiger partial charge in [-0.15, -0.1) is 11.3 Å². The number of rotatable bonds is 8. The van der Waals surface area contributed by atoms with Crippen LogP contribution in [-0.4, -0.2) is 18.4 Å². The SMILES string of the molecule is CCCCCNC(=O)/C(=C/c1cccs1)NC(=O)c1cccc(C)c1. The van der Waals surface area contributed by atoms with E-state index >= 15 is 0 Å². The van der Waals surface area contributed by atoms with Crippen molar-refractivity contribution < 1.29 is 9.59 Å². The van der Waals surface area contributed by atoms with Crippen LogP contribution in [0.3, 0.4) is 0 Å². The summed E-state index contributed by atoms with van der Waals surface area (Å²) in [4.78, 5) is 25.9. The molecule has 0 saturated heterocycles. The van der Waals surface area contributed by atoms with Gasteiger partial charge in [0.15, 0.2) is 0 Å². The van der Waals surface area contributed by atoms with Crippen LogP contribution in [0.5, 0.6) is 0 Å². The van der Waals surface area contributed by atoms with Gasteiger partial charge in [0, 0.05) is 17.0 Å². The summed E-state index contributed by atoms with van der Waals surface area (Å²) in [5.74, 6) is -0.541. The van der Waals surface area contributed by atoms with Gasteiger partial charge in [0.1, 0.15) is 5.70 Å². The lowest BCUT2D eigenvalue weighted by Gasteiger charge is -2.11. The molecular formula is C20H24N2O2S. The Morgan fingerprint density at radius 1 is 1.16 bits per heavy atom. The molecule has 5 heteroatoms. The Morgan fingerprint density at radius 2 is 2.00 bits per heavy atom. The highest BCUT2D eigenvalue weighted by Gasteiger charge is 2.14. The van der Waals surface area contributed by atoms with Gasteiger partial charge in [-0.05, 0) is 43.0 Å². The van der Waals surface area contributed by atoms with E-state index in [1.165, 1.54) is 11.3 Å². The smallest absolute Gasteiger partial charge is 0.267 e. The summed E-state index contributed by atoms with van der Waals surface area (Å²) in [6.07, 6.45) is 4.81. The van der Waals surface area contributed by atoms with E-state index in [0.717, 1.165) is 29.7 Å². The average Bonchev–Trinajstić information content (AvgIpc) is 3.11. The van der Waals surface area contributed by atoms with E-state index in [1.54, 1.807) is 18.2 Å². The minimum atomic E-state index is -0.282. The Kier molecular flexibility index (Phi) is 7.41. The molecule has 0 aliphatic carbocycles. The monoisotopic (exact) mass is 356 g/mol. The van der Waals surface area contributed by atoms with Crippen molar-refractivity contribution in [3.05, 3.63) is 63.5 Å². The standard InChI is InChI=1S/C20H24N2O2S/c1-3-4-5-11-21-20(24)18(14-17-10-7-12-25-17)22-19(23)16-9-6-8-15(2)13-16/h6-10,12-14H,3-5,11H2,1-2H3,(H,21,24)(H,22,23)/b18-14-. The third-order valence-corrected chi connectivity index (χ3v) is 4.49. The summed E-state index contributed by atoms with van der Waals surface area (Å²) < 4.78 is 0. The number of aryl methyl sites for hydroxylation is 1.